The van der Waals surface area contributed by atoms with Crippen LogP contribution in [0.1, 0.15) is 46.1 Å². The molecule has 0 aliphatic carbocycles. The van der Waals surface area contributed by atoms with E-state index in [0.717, 1.165) is 50.3 Å². The Morgan fingerprint density at radius 3 is 2.64 bits per heavy atom. The smallest absolute Gasteiger partial charge is 0.319 e. The lowest BCUT2D eigenvalue weighted by molar-refractivity contribution is 0.122. The average Bonchev–Trinajstić information content (AvgIpc) is 3.58. The zero-order valence-electron chi connectivity index (χ0n) is 21.2. The van der Waals surface area contributed by atoms with Gasteiger partial charge in [0.1, 0.15) is 0 Å². The summed E-state index contributed by atoms with van der Waals surface area (Å²) >= 11 is 0. The zero-order valence-corrected chi connectivity index (χ0v) is 21.2. The van der Waals surface area contributed by atoms with Crippen LogP contribution in [0.4, 0.5) is 16.3 Å². The van der Waals surface area contributed by atoms with Crippen molar-refractivity contribution in [3.8, 4) is 11.4 Å². The van der Waals surface area contributed by atoms with E-state index >= 15 is 0 Å². The summed E-state index contributed by atoms with van der Waals surface area (Å²) in [5.41, 5.74) is 2.99. The Labute approximate surface area is 211 Å². The van der Waals surface area contributed by atoms with Gasteiger partial charge in [-0.25, -0.2) is 19.4 Å². The fourth-order valence-electron chi connectivity index (χ4n) is 4.87. The number of benzene rings is 1. The van der Waals surface area contributed by atoms with E-state index in [-0.39, 0.29) is 18.1 Å². The summed E-state index contributed by atoms with van der Waals surface area (Å²) in [6.07, 6.45) is 3.13. The number of morpholine rings is 1. The third kappa shape index (κ3) is 5.12. The Morgan fingerprint density at radius 1 is 1.19 bits per heavy atom. The summed E-state index contributed by atoms with van der Waals surface area (Å²) in [5.74, 6) is 1.38. The Morgan fingerprint density at radius 2 is 1.97 bits per heavy atom. The number of nitrogens with one attached hydrogen (secondary N) is 3. The molecule has 2 saturated heterocycles. The van der Waals surface area contributed by atoms with Crippen molar-refractivity contribution in [2.24, 2.45) is 0 Å². The van der Waals surface area contributed by atoms with Crippen LogP contribution >= 0.6 is 0 Å². The number of carbonyl (C=O) groups excluding carboxylic acids is 1. The molecule has 2 atom stereocenters. The number of ether oxygens (including phenoxy) is 1. The number of hydrogen-bond acceptors (Lipinski definition) is 8. The summed E-state index contributed by atoms with van der Waals surface area (Å²) in [6, 6.07) is 8.00. The van der Waals surface area contributed by atoms with Crippen LogP contribution in [-0.2, 0) is 4.74 Å². The lowest BCUT2D eigenvalue weighted by Crippen LogP contribution is -2.48. The molecule has 11 nitrogen and oxygen atoms in total. The number of anilines is 2. The summed E-state index contributed by atoms with van der Waals surface area (Å²) in [7, 11) is 0. The monoisotopic (exact) mass is 493 g/mol. The topological polar surface area (TPSA) is 122 Å². The predicted molar refractivity (Wildman–Crippen MR) is 139 cm³/mol. The second-order valence-electron chi connectivity index (χ2n) is 9.66. The SMILES string of the molecule is CCC(NC(=O)Nc1ccc(-c2nc(N3CCOCC3)c3nnn(C(C)C)c3n2)cc1)C1CCCN1. The number of hydrogen-bond donors (Lipinski definition) is 3. The first-order valence-corrected chi connectivity index (χ1v) is 12.9. The second kappa shape index (κ2) is 10.8. The first-order valence-electron chi connectivity index (χ1n) is 12.9. The van der Waals surface area contributed by atoms with Crippen LogP contribution in [0.5, 0.6) is 0 Å². The van der Waals surface area contributed by atoms with E-state index in [4.69, 9.17) is 14.7 Å². The fraction of sp³-hybridized carbons (Fsp3) is 0.560. The van der Waals surface area contributed by atoms with Gasteiger partial charge in [0.15, 0.2) is 22.8 Å². The van der Waals surface area contributed by atoms with Gasteiger partial charge in [-0.1, -0.05) is 12.1 Å². The Bertz CT molecular complexity index is 1180. The van der Waals surface area contributed by atoms with Gasteiger partial charge in [-0.15, -0.1) is 5.10 Å². The van der Waals surface area contributed by atoms with E-state index in [1.54, 1.807) is 0 Å². The van der Waals surface area contributed by atoms with Crippen LogP contribution in [0.3, 0.4) is 0 Å². The molecule has 2 aliphatic heterocycles. The molecular weight excluding hydrogens is 458 g/mol. The van der Waals surface area contributed by atoms with Gasteiger partial charge in [0.2, 0.25) is 0 Å². The summed E-state index contributed by atoms with van der Waals surface area (Å²) in [5, 5.41) is 18.3. The van der Waals surface area contributed by atoms with Crippen molar-refractivity contribution >= 4 is 28.7 Å². The van der Waals surface area contributed by atoms with Crippen molar-refractivity contribution in [2.75, 3.05) is 43.1 Å². The van der Waals surface area contributed by atoms with Gasteiger partial charge < -0.3 is 25.6 Å². The molecule has 0 radical (unpaired) electrons. The quantitative estimate of drug-likeness (QED) is 0.459. The maximum Gasteiger partial charge on any atom is 0.319 e. The maximum atomic E-state index is 12.6. The van der Waals surface area contributed by atoms with Crippen molar-refractivity contribution in [3.63, 3.8) is 0 Å². The number of amides is 2. The molecule has 192 valence electrons. The van der Waals surface area contributed by atoms with Gasteiger partial charge in [0.25, 0.3) is 0 Å². The van der Waals surface area contributed by atoms with Crippen molar-refractivity contribution in [1.82, 2.24) is 35.6 Å². The second-order valence-corrected chi connectivity index (χ2v) is 9.66. The third-order valence-corrected chi connectivity index (χ3v) is 6.85. The molecule has 0 spiro atoms. The summed E-state index contributed by atoms with van der Waals surface area (Å²) in [4.78, 5) is 24.5. The lowest BCUT2D eigenvalue weighted by atomic mass is 10.0. The third-order valence-electron chi connectivity index (χ3n) is 6.85. The van der Waals surface area contributed by atoms with Gasteiger partial charge in [0.05, 0.1) is 19.3 Å². The highest BCUT2D eigenvalue weighted by molar-refractivity contribution is 5.90. The maximum absolute atomic E-state index is 12.6. The van der Waals surface area contributed by atoms with E-state index in [1.165, 1.54) is 0 Å². The first-order chi connectivity index (χ1) is 17.5. The zero-order chi connectivity index (χ0) is 25.1. The van der Waals surface area contributed by atoms with Gasteiger partial charge >= 0.3 is 6.03 Å². The van der Waals surface area contributed by atoms with Crippen molar-refractivity contribution in [1.29, 1.82) is 0 Å². The molecule has 2 aromatic heterocycles. The molecule has 0 bridgehead atoms. The Balaban J connectivity index is 1.37. The number of carbonyl (C=O) groups is 1. The van der Waals surface area contributed by atoms with Crippen LogP contribution in [0.2, 0.25) is 0 Å². The molecular formula is C25H35N9O2. The highest BCUT2D eigenvalue weighted by Crippen LogP contribution is 2.28. The average molecular weight is 494 g/mol. The number of aromatic nitrogens is 5. The minimum Gasteiger partial charge on any atom is -0.378 e. The van der Waals surface area contributed by atoms with Crippen LogP contribution in [-0.4, -0.2) is 75.9 Å². The van der Waals surface area contributed by atoms with Crippen molar-refractivity contribution in [3.05, 3.63) is 24.3 Å². The number of nitrogens with zero attached hydrogens (tertiary/aromatic N) is 6. The molecule has 36 heavy (non-hydrogen) atoms. The standard InChI is InChI=1S/C25H35N9O2/c1-4-19(20-6-5-11-26-20)28-25(35)27-18-9-7-17(8-10-18)22-29-23(33-12-14-36-15-13-33)21-24(30-22)34(16(2)3)32-31-21/h7-10,16,19-20,26H,4-6,11-15H2,1-3H3,(H2,27,28,35). The van der Waals surface area contributed by atoms with E-state index in [1.807, 2.05) is 28.9 Å². The van der Waals surface area contributed by atoms with E-state index in [0.29, 0.717) is 41.9 Å². The number of rotatable bonds is 7. The van der Waals surface area contributed by atoms with Gasteiger partial charge in [0, 0.05) is 36.4 Å². The fourth-order valence-corrected chi connectivity index (χ4v) is 4.87. The molecule has 2 unspecified atom stereocenters. The molecule has 3 aromatic rings. The molecule has 2 aliphatic rings. The van der Waals surface area contributed by atoms with Crippen molar-refractivity contribution in [2.45, 2.75) is 58.2 Å². The van der Waals surface area contributed by atoms with Crippen molar-refractivity contribution < 1.29 is 9.53 Å². The Hall–Kier alpha value is -3.31. The van der Waals surface area contributed by atoms with Crippen LogP contribution in [0.15, 0.2) is 24.3 Å². The summed E-state index contributed by atoms with van der Waals surface area (Å²) in [6.45, 7) is 10.0. The van der Waals surface area contributed by atoms with Gasteiger partial charge in [-0.05, 0) is 63.9 Å². The predicted octanol–water partition coefficient (Wildman–Crippen LogP) is 2.96. The van der Waals surface area contributed by atoms with Crippen LogP contribution < -0.4 is 20.9 Å². The minimum atomic E-state index is -0.192. The summed E-state index contributed by atoms with van der Waals surface area (Å²) < 4.78 is 7.35. The van der Waals surface area contributed by atoms with E-state index in [9.17, 15) is 4.79 Å². The number of fused-ring (bicyclic) bond motifs is 1. The molecule has 0 saturated carbocycles. The van der Waals surface area contributed by atoms with E-state index < -0.39 is 0 Å². The molecule has 2 fully saturated rings. The molecule has 2 amide bonds. The molecule has 5 rings (SSSR count). The highest BCUT2D eigenvalue weighted by atomic mass is 16.5. The normalized spacial score (nSPS) is 19.1. The van der Waals surface area contributed by atoms with Crippen LogP contribution in [0.25, 0.3) is 22.6 Å². The lowest BCUT2D eigenvalue weighted by Gasteiger charge is -2.28. The number of urea groups is 1. The van der Waals surface area contributed by atoms with Gasteiger partial charge in [-0.3, -0.25) is 0 Å². The molecule has 3 N–H and O–H groups in total. The van der Waals surface area contributed by atoms with E-state index in [2.05, 4.69) is 51.9 Å². The highest BCUT2D eigenvalue weighted by Gasteiger charge is 2.25. The first kappa shape index (κ1) is 24.4. The minimum absolute atomic E-state index is 0.116. The molecule has 4 heterocycles. The largest absolute Gasteiger partial charge is 0.378 e. The van der Waals surface area contributed by atoms with Crippen LogP contribution in [0, 0.1) is 0 Å². The molecule has 11 heteroatoms. The van der Waals surface area contributed by atoms with Gasteiger partial charge in [-0.2, -0.15) is 0 Å². The Kier molecular flexibility index (Phi) is 7.28. The molecule has 1 aromatic carbocycles.